The number of hydrogen-bond acceptors (Lipinski definition) is 8. The number of aliphatic hydroxyl groups is 3. The van der Waals surface area contributed by atoms with Crippen LogP contribution in [0.4, 0.5) is 0 Å². The number of carboxylic acid groups (broad SMARTS) is 1. The van der Waals surface area contributed by atoms with Gasteiger partial charge in [0, 0.05) is 11.8 Å². The Balaban J connectivity index is 1.45. The maximum Gasteiger partial charge on any atom is 0.335 e. The van der Waals surface area contributed by atoms with Crippen LogP contribution in [0.15, 0.2) is 11.6 Å². The first-order valence-corrected chi connectivity index (χ1v) is 13.2. The number of hydrogen-bond donors (Lipinski definition) is 4. The molecule has 4 fully saturated rings. The molecule has 0 aromatic carbocycles. The van der Waals surface area contributed by atoms with Crippen LogP contribution >= 0.6 is 0 Å². The molecule has 3 saturated carbocycles. The summed E-state index contributed by atoms with van der Waals surface area (Å²) in [6.07, 6.45) is -0.782. The van der Waals surface area contributed by atoms with Crippen molar-refractivity contribution in [2.75, 3.05) is 0 Å². The Morgan fingerprint density at radius 2 is 1.67 bits per heavy atom. The lowest BCUT2D eigenvalue weighted by Crippen LogP contribution is -2.65. The molecule has 36 heavy (non-hydrogen) atoms. The number of fused-ring (bicyclic) bond motifs is 5. The van der Waals surface area contributed by atoms with E-state index >= 15 is 0 Å². The number of Topliss-reactive ketones (excluding diaryl/α,β-unsaturated/α-hetero) is 1. The maximum absolute atomic E-state index is 13.3. The normalized spacial score (nSPS) is 50.5. The van der Waals surface area contributed by atoms with E-state index in [1.165, 1.54) is 12.5 Å². The zero-order valence-electron chi connectivity index (χ0n) is 21.2. The van der Waals surface area contributed by atoms with Crippen molar-refractivity contribution < 1.29 is 44.3 Å². The molecule has 0 aromatic heterocycles. The van der Waals surface area contributed by atoms with Crippen LogP contribution in [-0.4, -0.2) is 74.3 Å². The van der Waals surface area contributed by atoms with E-state index < -0.39 is 47.7 Å². The van der Waals surface area contributed by atoms with Gasteiger partial charge in [0.1, 0.15) is 23.9 Å². The molecule has 1 heterocycles. The molecule has 4 N–H and O–H groups in total. The Kier molecular flexibility index (Phi) is 6.28. The number of ether oxygens (including phenoxy) is 2. The lowest BCUT2D eigenvalue weighted by Gasteiger charge is -2.59. The highest BCUT2D eigenvalue weighted by atomic mass is 16.7. The molecule has 4 aliphatic carbocycles. The van der Waals surface area contributed by atoms with Crippen molar-refractivity contribution in [3.8, 4) is 0 Å². The minimum absolute atomic E-state index is 0.0158. The van der Waals surface area contributed by atoms with Gasteiger partial charge in [0.05, 0.1) is 0 Å². The lowest BCUT2D eigenvalue weighted by atomic mass is 9.46. The third kappa shape index (κ3) is 3.50. The van der Waals surface area contributed by atoms with Gasteiger partial charge < -0.3 is 29.9 Å². The third-order valence-electron chi connectivity index (χ3n) is 10.8. The van der Waals surface area contributed by atoms with Gasteiger partial charge in [-0.05, 0) is 81.1 Å². The summed E-state index contributed by atoms with van der Waals surface area (Å²) in [5.41, 5.74) is -0.622. The van der Waals surface area contributed by atoms with Crippen LogP contribution < -0.4 is 0 Å². The van der Waals surface area contributed by atoms with E-state index in [1.54, 1.807) is 0 Å². The van der Waals surface area contributed by atoms with Crippen molar-refractivity contribution in [3.05, 3.63) is 11.6 Å². The summed E-state index contributed by atoms with van der Waals surface area (Å²) in [5, 5.41) is 40.4. The Labute approximate surface area is 210 Å². The van der Waals surface area contributed by atoms with Crippen LogP contribution in [0.2, 0.25) is 0 Å². The largest absolute Gasteiger partial charge is 0.479 e. The van der Waals surface area contributed by atoms with Crippen LogP contribution in [0.1, 0.15) is 72.1 Å². The summed E-state index contributed by atoms with van der Waals surface area (Å²) in [7, 11) is 0. The fourth-order valence-corrected chi connectivity index (χ4v) is 8.76. The molecule has 0 aromatic rings. The number of aliphatic hydroxyl groups excluding tert-OH is 3. The molecule has 200 valence electrons. The van der Waals surface area contributed by atoms with Crippen molar-refractivity contribution in [2.45, 2.75) is 108 Å². The van der Waals surface area contributed by atoms with E-state index in [4.69, 9.17) is 9.47 Å². The van der Waals surface area contributed by atoms with E-state index in [9.17, 15) is 34.8 Å². The zero-order valence-corrected chi connectivity index (χ0v) is 21.2. The predicted octanol–water partition coefficient (Wildman–Crippen LogP) is 1.75. The average molecular weight is 507 g/mol. The maximum atomic E-state index is 13.3. The molecule has 1 saturated heterocycles. The fraction of sp³-hybridized carbons (Fsp3) is 0.815. The quantitative estimate of drug-likeness (QED) is 0.447. The minimum Gasteiger partial charge on any atom is -0.479 e. The molecule has 11 atom stereocenters. The summed E-state index contributed by atoms with van der Waals surface area (Å²) in [6, 6.07) is 0. The predicted molar refractivity (Wildman–Crippen MR) is 126 cm³/mol. The Hall–Kier alpha value is -1.65. The standard InChI is InChI=1S/C27H38O9/c1-13(28)27(36-24-21(32)19(30)20(31)22(35-24)23(33)34)11-8-18-16-5-4-14-12-15(29)6-9-25(14,2)17(16)7-10-26(18,27)3/h12,16-22,24,30-32H,4-11H2,1-3H3,(H,33,34)/t16-,17+,18+,19+,20+,21-,22+,24+,25+,26+,27+/m1/s1. The van der Waals surface area contributed by atoms with E-state index in [1.807, 2.05) is 6.08 Å². The molecule has 0 amide bonds. The average Bonchev–Trinajstić information content (AvgIpc) is 3.13. The molecule has 9 nitrogen and oxygen atoms in total. The second-order valence-electron chi connectivity index (χ2n) is 12.2. The molecule has 5 aliphatic rings. The van der Waals surface area contributed by atoms with Gasteiger partial charge in [0.15, 0.2) is 24.0 Å². The monoisotopic (exact) mass is 506 g/mol. The van der Waals surface area contributed by atoms with Gasteiger partial charge in [-0.25, -0.2) is 4.79 Å². The lowest BCUT2D eigenvalue weighted by molar-refractivity contribution is -0.327. The molecule has 5 rings (SSSR count). The number of carbonyl (C=O) groups is 3. The van der Waals surface area contributed by atoms with Crippen molar-refractivity contribution in [1.82, 2.24) is 0 Å². The molecule has 0 radical (unpaired) electrons. The third-order valence-corrected chi connectivity index (χ3v) is 10.8. The van der Waals surface area contributed by atoms with Gasteiger partial charge in [-0.15, -0.1) is 0 Å². The van der Waals surface area contributed by atoms with E-state index in [2.05, 4.69) is 13.8 Å². The highest BCUT2D eigenvalue weighted by molar-refractivity contribution is 5.91. The summed E-state index contributed by atoms with van der Waals surface area (Å²) in [5.74, 6) is -0.524. The second kappa shape index (κ2) is 8.70. The Morgan fingerprint density at radius 3 is 2.33 bits per heavy atom. The number of allylic oxidation sites excluding steroid dienone is 1. The van der Waals surface area contributed by atoms with Gasteiger partial charge in [-0.1, -0.05) is 19.4 Å². The summed E-state index contributed by atoms with van der Waals surface area (Å²) < 4.78 is 11.7. The van der Waals surface area contributed by atoms with Crippen LogP contribution in [0, 0.1) is 28.6 Å². The van der Waals surface area contributed by atoms with Crippen molar-refractivity contribution in [1.29, 1.82) is 0 Å². The second-order valence-corrected chi connectivity index (χ2v) is 12.2. The number of rotatable bonds is 4. The summed E-state index contributed by atoms with van der Waals surface area (Å²) >= 11 is 0. The van der Waals surface area contributed by atoms with E-state index in [0.29, 0.717) is 31.1 Å². The first kappa shape index (κ1) is 26.0. The van der Waals surface area contributed by atoms with Gasteiger partial charge >= 0.3 is 5.97 Å². The van der Waals surface area contributed by atoms with Gasteiger partial charge in [0.25, 0.3) is 0 Å². The highest BCUT2D eigenvalue weighted by Crippen LogP contribution is 2.68. The molecule has 0 bridgehead atoms. The van der Waals surface area contributed by atoms with Gasteiger partial charge in [-0.3, -0.25) is 9.59 Å². The number of carbonyl (C=O) groups excluding carboxylic acids is 2. The van der Waals surface area contributed by atoms with Gasteiger partial charge in [-0.2, -0.15) is 0 Å². The fourth-order valence-electron chi connectivity index (χ4n) is 8.76. The van der Waals surface area contributed by atoms with Crippen LogP contribution in [0.5, 0.6) is 0 Å². The molecular weight excluding hydrogens is 468 g/mol. The summed E-state index contributed by atoms with van der Waals surface area (Å²) in [6.45, 7) is 5.82. The SMILES string of the molecule is CC(=O)[C@@]1(O[C@@H]2O[C@H](C(=O)O)[C@@H](O)[C@H](O)[C@H]2O)CC[C@H]2[C@@H]3CCC4=CC(=O)CC[C@]4(C)[C@H]3CC[C@@]21C. The van der Waals surface area contributed by atoms with Crippen LogP contribution in [-0.2, 0) is 23.9 Å². The van der Waals surface area contributed by atoms with Crippen molar-refractivity contribution >= 4 is 17.5 Å². The molecule has 0 spiro atoms. The molecule has 0 unspecified atom stereocenters. The number of ketones is 2. The highest BCUT2D eigenvalue weighted by Gasteiger charge is 2.68. The van der Waals surface area contributed by atoms with Crippen molar-refractivity contribution in [2.24, 2.45) is 28.6 Å². The smallest absolute Gasteiger partial charge is 0.335 e. The topological polar surface area (TPSA) is 151 Å². The zero-order chi connectivity index (χ0) is 26.2. The first-order valence-electron chi connectivity index (χ1n) is 13.2. The molecular formula is C27H38O9. The number of carboxylic acids is 1. The Morgan fingerprint density at radius 1 is 0.972 bits per heavy atom. The van der Waals surface area contributed by atoms with Gasteiger partial charge in [0.2, 0.25) is 0 Å². The van der Waals surface area contributed by atoms with E-state index in [0.717, 1.165) is 32.1 Å². The van der Waals surface area contributed by atoms with Crippen LogP contribution in [0.25, 0.3) is 0 Å². The Bertz CT molecular complexity index is 992. The minimum atomic E-state index is -1.82. The molecule has 1 aliphatic heterocycles. The van der Waals surface area contributed by atoms with E-state index in [-0.39, 0.29) is 22.9 Å². The molecule has 9 heteroatoms. The number of aliphatic carboxylic acids is 1. The first-order chi connectivity index (χ1) is 16.9. The summed E-state index contributed by atoms with van der Waals surface area (Å²) in [4.78, 5) is 37.0. The van der Waals surface area contributed by atoms with Crippen molar-refractivity contribution in [3.63, 3.8) is 0 Å². The van der Waals surface area contributed by atoms with Crippen LogP contribution in [0.3, 0.4) is 0 Å².